The average molecular weight is 302 g/mol. The Morgan fingerprint density at radius 1 is 0.909 bits per heavy atom. The lowest BCUT2D eigenvalue weighted by atomic mass is 10.2. The fourth-order valence-electron chi connectivity index (χ4n) is 1.93. The smallest absolute Gasteiger partial charge is 0.341 e. The molecule has 0 amide bonds. The van der Waals surface area contributed by atoms with Crippen LogP contribution in [0.3, 0.4) is 0 Å². The summed E-state index contributed by atoms with van der Waals surface area (Å²) in [5.74, 6) is 1.38. The zero-order valence-corrected chi connectivity index (χ0v) is 12.8. The van der Waals surface area contributed by atoms with Gasteiger partial charge in [0.15, 0.2) is 0 Å². The summed E-state index contributed by atoms with van der Waals surface area (Å²) in [6.07, 6.45) is 0. The molecule has 2 aromatic rings. The lowest BCUT2D eigenvalue weighted by Gasteiger charge is -2.11. The molecule has 0 saturated heterocycles. The Hall–Kier alpha value is -2.69. The largest absolute Gasteiger partial charge is 0.497 e. The molecule has 0 heterocycles. The van der Waals surface area contributed by atoms with Crippen molar-refractivity contribution in [3.05, 3.63) is 53.6 Å². The van der Waals surface area contributed by atoms with Crippen LogP contribution in [0.5, 0.6) is 17.2 Å². The second kappa shape index (κ2) is 7.36. The Bertz CT molecular complexity index is 634. The van der Waals surface area contributed by atoms with Crippen molar-refractivity contribution < 1.29 is 23.7 Å². The molecular weight excluding hydrogens is 284 g/mol. The molecule has 0 fully saturated rings. The average Bonchev–Trinajstić information content (AvgIpc) is 2.59. The number of esters is 1. The van der Waals surface area contributed by atoms with Gasteiger partial charge in [0.2, 0.25) is 0 Å². The van der Waals surface area contributed by atoms with Crippen LogP contribution in [0.25, 0.3) is 0 Å². The van der Waals surface area contributed by atoms with Crippen LogP contribution >= 0.6 is 0 Å². The maximum absolute atomic E-state index is 11.6. The van der Waals surface area contributed by atoms with Crippen LogP contribution in [-0.2, 0) is 11.3 Å². The number of hydrogen-bond donors (Lipinski definition) is 0. The van der Waals surface area contributed by atoms with Gasteiger partial charge in [-0.25, -0.2) is 4.79 Å². The van der Waals surface area contributed by atoms with E-state index < -0.39 is 5.97 Å². The predicted octanol–water partition coefficient (Wildman–Crippen LogP) is 3.07. The quantitative estimate of drug-likeness (QED) is 0.768. The van der Waals surface area contributed by atoms with Gasteiger partial charge in [0.05, 0.1) is 21.3 Å². The molecule has 0 aliphatic rings. The lowest BCUT2D eigenvalue weighted by Crippen LogP contribution is -2.04. The van der Waals surface area contributed by atoms with Crippen LogP contribution in [-0.4, -0.2) is 27.3 Å². The van der Waals surface area contributed by atoms with Crippen molar-refractivity contribution in [2.75, 3.05) is 21.3 Å². The van der Waals surface area contributed by atoms with Crippen molar-refractivity contribution in [2.24, 2.45) is 0 Å². The first kappa shape index (κ1) is 15.7. The summed E-state index contributed by atoms with van der Waals surface area (Å²) in [5.41, 5.74) is 1.37. The zero-order valence-electron chi connectivity index (χ0n) is 12.8. The molecule has 2 aromatic carbocycles. The molecule has 0 aliphatic heterocycles. The van der Waals surface area contributed by atoms with Gasteiger partial charge in [-0.15, -0.1) is 0 Å². The first-order valence-corrected chi connectivity index (χ1v) is 6.70. The first-order chi connectivity index (χ1) is 10.7. The van der Waals surface area contributed by atoms with Crippen molar-refractivity contribution in [2.45, 2.75) is 6.61 Å². The molecule has 0 radical (unpaired) electrons. The fraction of sp³-hybridized carbons (Fsp3) is 0.235. The van der Waals surface area contributed by atoms with Gasteiger partial charge in [-0.05, 0) is 29.8 Å². The summed E-state index contributed by atoms with van der Waals surface area (Å²) in [7, 11) is 4.45. The van der Waals surface area contributed by atoms with E-state index in [2.05, 4.69) is 0 Å². The van der Waals surface area contributed by atoms with E-state index in [1.54, 1.807) is 25.3 Å². The highest BCUT2D eigenvalue weighted by molar-refractivity contribution is 5.92. The summed E-state index contributed by atoms with van der Waals surface area (Å²) >= 11 is 0. The Morgan fingerprint density at radius 3 is 2.18 bits per heavy atom. The fourth-order valence-corrected chi connectivity index (χ4v) is 1.93. The highest BCUT2D eigenvalue weighted by Crippen LogP contribution is 2.26. The first-order valence-electron chi connectivity index (χ1n) is 6.70. The highest BCUT2D eigenvalue weighted by atomic mass is 16.5. The van der Waals surface area contributed by atoms with E-state index in [-0.39, 0.29) is 0 Å². The van der Waals surface area contributed by atoms with Gasteiger partial charge in [-0.2, -0.15) is 0 Å². The topological polar surface area (TPSA) is 54.0 Å². The van der Waals surface area contributed by atoms with Crippen LogP contribution in [0.15, 0.2) is 42.5 Å². The minimum atomic E-state index is -0.446. The van der Waals surface area contributed by atoms with E-state index in [0.29, 0.717) is 23.7 Å². The number of rotatable bonds is 6. The SMILES string of the molecule is COC(=O)c1ccc(OCc2ccc(OC)cc2)cc1OC. The van der Waals surface area contributed by atoms with Crippen LogP contribution in [0.4, 0.5) is 0 Å². The molecule has 5 nitrogen and oxygen atoms in total. The number of methoxy groups -OCH3 is 3. The van der Waals surface area contributed by atoms with E-state index in [1.165, 1.54) is 14.2 Å². The number of carbonyl (C=O) groups excluding carboxylic acids is 1. The minimum Gasteiger partial charge on any atom is -0.497 e. The molecule has 0 atom stereocenters. The second-order valence-corrected chi connectivity index (χ2v) is 4.49. The molecule has 5 heteroatoms. The Balaban J connectivity index is 2.07. The zero-order chi connectivity index (χ0) is 15.9. The van der Waals surface area contributed by atoms with Crippen molar-refractivity contribution in [1.82, 2.24) is 0 Å². The van der Waals surface area contributed by atoms with Gasteiger partial charge in [-0.3, -0.25) is 0 Å². The number of carbonyl (C=O) groups is 1. The molecule has 0 aliphatic carbocycles. The van der Waals surface area contributed by atoms with Crippen molar-refractivity contribution in [3.8, 4) is 17.2 Å². The molecule has 0 unspecified atom stereocenters. The number of benzene rings is 2. The molecule has 0 saturated carbocycles. The van der Waals surface area contributed by atoms with Gasteiger partial charge in [0.1, 0.15) is 29.4 Å². The molecule has 0 spiro atoms. The Kier molecular flexibility index (Phi) is 5.25. The summed E-state index contributed by atoms with van der Waals surface area (Å²) in [4.78, 5) is 11.6. The standard InChI is InChI=1S/C17H18O5/c1-19-13-6-4-12(5-7-13)11-22-14-8-9-15(17(18)21-3)16(10-14)20-2/h4-10H,11H2,1-3H3. The third-order valence-electron chi connectivity index (χ3n) is 3.14. The minimum absolute atomic E-state index is 0.363. The molecule has 116 valence electrons. The van der Waals surface area contributed by atoms with Gasteiger partial charge in [0.25, 0.3) is 0 Å². The Morgan fingerprint density at radius 2 is 1.59 bits per heavy atom. The van der Waals surface area contributed by atoms with Gasteiger partial charge in [-0.1, -0.05) is 12.1 Å². The second-order valence-electron chi connectivity index (χ2n) is 4.49. The van der Waals surface area contributed by atoms with E-state index in [0.717, 1.165) is 11.3 Å². The molecule has 2 rings (SSSR count). The van der Waals surface area contributed by atoms with Gasteiger partial charge >= 0.3 is 5.97 Å². The Labute approximate surface area is 129 Å². The third-order valence-corrected chi connectivity index (χ3v) is 3.14. The van der Waals surface area contributed by atoms with E-state index in [4.69, 9.17) is 18.9 Å². The maximum Gasteiger partial charge on any atom is 0.341 e. The summed E-state index contributed by atoms with van der Waals surface area (Å²) in [6, 6.07) is 12.6. The monoisotopic (exact) mass is 302 g/mol. The van der Waals surface area contributed by atoms with Crippen molar-refractivity contribution in [3.63, 3.8) is 0 Å². The third kappa shape index (κ3) is 3.69. The molecule has 0 bridgehead atoms. The maximum atomic E-state index is 11.6. The number of hydrogen-bond acceptors (Lipinski definition) is 5. The van der Waals surface area contributed by atoms with Crippen molar-refractivity contribution >= 4 is 5.97 Å². The summed E-state index contributed by atoms with van der Waals surface area (Å²) < 4.78 is 20.7. The normalized spacial score (nSPS) is 9.95. The summed E-state index contributed by atoms with van der Waals surface area (Å²) in [5, 5.41) is 0. The van der Waals surface area contributed by atoms with E-state index in [9.17, 15) is 4.79 Å². The predicted molar refractivity (Wildman–Crippen MR) is 81.7 cm³/mol. The molecule has 22 heavy (non-hydrogen) atoms. The molecular formula is C17H18O5. The van der Waals surface area contributed by atoms with Crippen LogP contribution < -0.4 is 14.2 Å². The van der Waals surface area contributed by atoms with Gasteiger partial charge < -0.3 is 18.9 Å². The summed E-state index contributed by atoms with van der Waals surface area (Å²) in [6.45, 7) is 0.407. The van der Waals surface area contributed by atoms with Gasteiger partial charge in [0, 0.05) is 6.07 Å². The molecule has 0 aromatic heterocycles. The van der Waals surface area contributed by atoms with Crippen LogP contribution in [0, 0.1) is 0 Å². The molecule has 0 N–H and O–H groups in total. The van der Waals surface area contributed by atoms with E-state index in [1.807, 2.05) is 24.3 Å². The van der Waals surface area contributed by atoms with E-state index >= 15 is 0 Å². The lowest BCUT2D eigenvalue weighted by molar-refractivity contribution is 0.0597. The van der Waals surface area contributed by atoms with Crippen molar-refractivity contribution in [1.29, 1.82) is 0 Å². The van der Waals surface area contributed by atoms with Crippen LogP contribution in [0.2, 0.25) is 0 Å². The number of ether oxygens (including phenoxy) is 4. The van der Waals surface area contributed by atoms with Crippen LogP contribution in [0.1, 0.15) is 15.9 Å². The highest BCUT2D eigenvalue weighted by Gasteiger charge is 2.13.